The minimum atomic E-state index is 0.346. The van der Waals surface area contributed by atoms with Crippen molar-refractivity contribution in [2.45, 2.75) is 38.6 Å². The van der Waals surface area contributed by atoms with Crippen LogP contribution in [0.4, 0.5) is 5.82 Å². The van der Waals surface area contributed by atoms with Crippen LogP contribution < -0.4 is 15.5 Å². The van der Waals surface area contributed by atoms with Crippen molar-refractivity contribution in [3.8, 4) is 0 Å². The Kier molecular flexibility index (Phi) is 8.12. The molecule has 29 heavy (non-hydrogen) atoms. The lowest BCUT2D eigenvalue weighted by Crippen LogP contribution is -2.45. The summed E-state index contributed by atoms with van der Waals surface area (Å²) in [5, 5.41) is 7.04. The van der Waals surface area contributed by atoms with Crippen molar-refractivity contribution in [1.29, 1.82) is 0 Å². The van der Waals surface area contributed by atoms with Gasteiger partial charge in [0.15, 0.2) is 5.96 Å². The highest BCUT2D eigenvalue weighted by molar-refractivity contribution is 5.79. The average molecular weight is 403 g/mol. The molecule has 1 saturated heterocycles. The van der Waals surface area contributed by atoms with Crippen LogP contribution in [0.3, 0.4) is 0 Å². The number of pyridine rings is 1. The topological polar surface area (TPSA) is 65.0 Å². The Morgan fingerprint density at radius 3 is 2.66 bits per heavy atom. The normalized spacial score (nSPS) is 20.1. The Labute approximate surface area is 175 Å². The fourth-order valence-corrected chi connectivity index (χ4v) is 4.42. The second kappa shape index (κ2) is 10.8. The molecule has 2 heterocycles. The highest BCUT2D eigenvalue weighted by atomic mass is 16.5. The van der Waals surface area contributed by atoms with Crippen LogP contribution in [0.25, 0.3) is 0 Å². The molecule has 1 aromatic rings. The van der Waals surface area contributed by atoms with E-state index in [0.717, 1.165) is 64.1 Å². The van der Waals surface area contributed by atoms with E-state index in [4.69, 9.17) is 4.74 Å². The van der Waals surface area contributed by atoms with E-state index in [1.807, 2.05) is 13.2 Å². The lowest BCUT2D eigenvalue weighted by atomic mass is 9.83. The molecule has 0 bridgehead atoms. The van der Waals surface area contributed by atoms with Crippen LogP contribution in [0, 0.1) is 5.41 Å². The van der Waals surface area contributed by atoms with E-state index in [1.54, 1.807) is 7.11 Å². The third-order valence-corrected chi connectivity index (χ3v) is 6.45. The largest absolute Gasteiger partial charge is 0.385 e. The molecule has 1 aliphatic carbocycles. The highest BCUT2D eigenvalue weighted by Gasteiger charge is 2.33. The van der Waals surface area contributed by atoms with Crippen LogP contribution in [0.2, 0.25) is 0 Å². The molecule has 2 N–H and O–H groups in total. The molecule has 2 aliphatic rings. The number of hydrogen-bond acceptors (Lipinski definition) is 5. The van der Waals surface area contributed by atoms with E-state index in [2.05, 4.69) is 49.6 Å². The van der Waals surface area contributed by atoms with E-state index >= 15 is 0 Å². The summed E-state index contributed by atoms with van der Waals surface area (Å²) in [6.07, 6.45) is 8.23. The Morgan fingerprint density at radius 2 is 1.97 bits per heavy atom. The lowest BCUT2D eigenvalue weighted by Gasteiger charge is -2.33. The second-order valence-corrected chi connectivity index (χ2v) is 8.54. The first-order chi connectivity index (χ1) is 14.1. The fraction of sp³-hybridized carbons (Fsp3) is 0.727. The molecule has 1 saturated carbocycles. The summed E-state index contributed by atoms with van der Waals surface area (Å²) in [6.45, 7) is 6.78. The number of aromatic nitrogens is 1. The van der Waals surface area contributed by atoms with Crippen molar-refractivity contribution in [2.24, 2.45) is 10.4 Å². The number of likely N-dealkylation sites (N-methyl/N-ethyl adjacent to an activating group) is 1. The van der Waals surface area contributed by atoms with E-state index in [9.17, 15) is 0 Å². The number of rotatable bonds is 8. The van der Waals surface area contributed by atoms with Crippen LogP contribution in [-0.4, -0.2) is 76.4 Å². The monoisotopic (exact) mass is 402 g/mol. The van der Waals surface area contributed by atoms with Gasteiger partial charge in [-0.3, -0.25) is 4.99 Å². The maximum absolute atomic E-state index is 5.35. The third-order valence-electron chi connectivity index (χ3n) is 6.45. The van der Waals surface area contributed by atoms with Gasteiger partial charge in [0.2, 0.25) is 0 Å². The second-order valence-electron chi connectivity index (χ2n) is 8.54. The summed E-state index contributed by atoms with van der Waals surface area (Å²) in [4.78, 5) is 13.7. The van der Waals surface area contributed by atoms with Crippen molar-refractivity contribution in [1.82, 2.24) is 20.5 Å². The van der Waals surface area contributed by atoms with Gasteiger partial charge in [0.05, 0.1) is 0 Å². The predicted molar refractivity (Wildman–Crippen MR) is 120 cm³/mol. The molecule has 0 radical (unpaired) electrons. The molecular weight excluding hydrogens is 364 g/mol. The maximum Gasteiger partial charge on any atom is 0.191 e. The van der Waals surface area contributed by atoms with Crippen LogP contribution in [0.1, 0.15) is 37.7 Å². The van der Waals surface area contributed by atoms with E-state index in [1.165, 1.54) is 31.2 Å². The number of nitrogens with one attached hydrogen (secondary N) is 2. The van der Waals surface area contributed by atoms with Gasteiger partial charge in [-0.25, -0.2) is 4.98 Å². The molecule has 1 aliphatic heterocycles. The van der Waals surface area contributed by atoms with Gasteiger partial charge in [0.1, 0.15) is 5.82 Å². The minimum absolute atomic E-state index is 0.346. The smallest absolute Gasteiger partial charge is 0.191 e. The van der Waals surface area contributed by atoms with Crippen LogP contribution in [0.5, 0.6) is 0 Å². The Bertz CT molecular complexity index is 650. The number of nitrogens with zero attached hydrogens (tertiary/aromatic N) is 4. The highest BCUT2D eigenvalue weighted by Crippen LogP contribution is 2.40. The SMILES string of the molecule is CN=C(NCc1ccnc(N2CCN(C)CC2)c1)NCC1(CCOC)CCCC1. The summed E-state index contributed by atoms with van der Waals surface area (Å²) in [6, 6.07) is 4.28. The summed E-state index contributed by atoms with van der Waals surface area (Å²) in [5.41, 5.74) is 1.57. The third kappa shape index (κ3) is 6.31. The molecule has 0 atom stereocenters. The number of piperazine rings is 1. The molecule has 1 aromatic heterocycles. The summed E-state index contributed by atoms with van der Waals surface area (Å²) in [7, 11) is 5.81. The van der Waals surface area contributed by atoms with Gasteiger partial charge in [-0.05, 0) is 49.4 Å². The van der Waals surface area contributed by atoms with Crippen LogP contribution in [0.15, 0.2) is 23.3 Å². The van der Waals surface area contributed by atoms with Gasteiger partial charge in [-0.15, -0.1) is 0 Å². The number of hydrogen-bond donors (Lipinski definition) is 2. The standard InChI is InChI=1S/C22H38N6O/c1-23-21(26-18-22(9-15-29-3)7-4-5-8-22)25-17-19-6-10-24-20(16-19)28-13-11-27(2)12-14-28/h6,10,16H,4-5,7-9,11-15,17-18H2,1-3H3,(H2,23,25,26). The maximum atomic E-state index is 5.35. The molecule has 7 heteroatoms. The molecule has 3 rings (SSSR count). The van der Waals surface area contributed by atoms with E-state index in [-0.39, 0.29) is 0 Å². The number of guanidine groups is 1. The molecule has 2 fully saturated rings. The molecule has 0 unspecified atom stereocenters. The number of ether oxygens (including phenoxy) is 1. The molecule has 0 aromatic carbocycles. The fourth-order valence-electron chi connectivity index (χ4n) is 4.42. The Morgan fingerprint density at radius 1 is 1.21 bits per heavy atom. The number of aliphatic imine (C=N–C) groups is 1. The van der Waals surface area contributed by atoms with Gasteiger partial charge in [-0.2, -0.15) is 0 Å². The zero-order valence-corrected chi connectivity index (χ0v) is 18.4. The molecule has 162 valence electrons. The van der Waals surface area contributed by atoms with Crippen molar-refractivity contribution in [3.63, 3.8) is 0 Å². The first kappa shape index (κ1) is 21.8. The lowest BCUT2D eigenvalue weighted by molar-refractivity contribution is 0.138. The van der Waals surface area contributed by atoms with Gasteiger partial charge >= 0.3 is 0 Å². The number of anilines is 1. The molecular formula is C22H38N6O. The van der Waals surface area contributed by atoms with Crippen molar-refractivity contribution in [2.75, 3.05) is 65.4 Å². The van der Waals surface area contributed by atoms with E-state index < -0.39 is 0 Å². The Balaban J connectivity index is 1.51. The minimum Gasteiger partial charge on any atom is -0.385 e. The van der Waals surface area contributed by atoms with Crippen molar-refractivity contribution in [3.05, 3.63) is 23.9 Å². The first-order valence-electron chi connectivity index (χ1n) is 11.0. The zero-order chi connectivity index (χ0) is 20.5. The summed E-state index contributed by atoms with van der Waals surface area (Å²) in [5.74, 6) is 1.94. The average Bonchev–Trinajstić information content (AvgIpc) is 3.22. The van der Waals surface area contributed by atoms with Gasteiger partial charge < -0.3 is 25.2 Å². The first-order valence-corrected chi connectivity index (χ1v) is 11.0. The van der Waals surface area contributed by atoms with Crippen molar-refractivity contribution >= 4 is 11.8 Å². The van der Waals surface area contributed by atoms with Gasteiger partial charge in [0, 0.05) is 66.2 Å². The summed E-state index contributed by atoms with van der Waals surface area (Å²) >= 11 is 0. The van der Waals surface area contributed by atoms with Crippen LogP contribution in [-0.2, 0) is 11.3 Å². The zero-order valence-electron chi connectivity index (χ0n) is 18.4. The van der Waals surface area contributed by atoms with Crippen LogP contribution >= 0.6 is 0 Å². The predicted octanol–water partition coefficient (Wildman–Crippen LogP) is 2.10. The molecule has 7 nitrogen and oxygen atoms in total. The van der Waals surface area contributed by atoms with Gasteiger partial charge in [-0.1, -0.05) is 12.8 Å². The molecule has 0 amide bonds. The Hall–Kier alpha value is -1.86. The van der Waals surface area contributed by atoms with Gasteiger partial charge in [0.25, 0.3) is 0 Å². The summed E-state index contributed by atoms with van der Waals surface area (Å²) < 4.78 is 5.35. The van der Waals surface area contributed by atoms with Crippen molar-refractivity contribution < 1.29 is 4.74 Å². The molecule has 0 spiro atoms. The van der Waals surface area contributed by atoms with E-state index in [0.29, 0.717) is 5.41 Å². The number of methoxy groups -OCH3 is 1. The quantitative estimate of drug-likeness (QED) is 0.513.